The fraction of sp³-hybridized carbons (Fsp3) is 0. The van der Waals surface area contributed by atoms with E-state index in [1.807, 2.05) is 0 Å². The van der Waals surface area contributed by atoms with Gasteiger partial charge in [-0.2, -0.15) is 0 Å². The summed E-state index contributed by atoms with van der Waals surface area (Å²) in [5, 5.41) is 0.765. The summed E-state index contributed by atoms with van der Waals surface area (Å²) < 4.78 is 15.9. The molecular weight excluding hydrogens is 334 g/mol. The molecule has 0 aliphatic heterocycles. The van der Waals surface area contributed by atoms with Gasteiger partial charge in [-0.25, -0.2) is 4.57 Å². The van der Waals surface area contributed by atoms with Gasteiger partial charge in [0.25, 0.3) is 0 Å². The summed E-state index contributed by atoms with van der Waals surface area (Å²) in [5.41, 5.74) is 0.636. The van der Waals surface area contributed by atoms with Gasteiger partial charge in [0.05, 0.1) is 15.9 Å². The number of fused-ring (bicyclic) bond motifs is 1. The summed E-state index contributed by atoms with van der Waals surface area (Å²) in [6, 6.07) is 3.44. The van der Waals surface area contributed by atoms with E-state index in [0.29, 0.717) is 20.4 Å². The normalized spacial score (nSPS) is 11.3. The van der Waals surface area contributed by atoms with Crippen LogP contribution in [0, 0.1) is 0 Å². The lowest BCUT2D eigenvalue weighted by molar-refractivity contribution is 0.284. The highest BCUT2D eigenvalue weighted by molar-refractivity contribution is 9.10. The maximum Gasteiger partial charge on any atom is 0.524 e. The SMILES string of the molecule is N.O=P(O)(O)Oc1c[nH]c2ccc(Br)c(Cl)c12. The van der Waals surface area contributed by atoms with Crippen LogP contribution in [0.15, 0.2) is 22.8 Å². The van der Waals surface area contributed by atoms with Crippen LogP contribution in [0.25, 0.3) is 10.9 Å². The van der Waals surface area contributed by atoms with Crippen molar-refractivity contribution in [2.75, 3.05) is 0 Å². The van der Waals surface area contributed by atoms with Crippen LogP contribution >= 0.6 is 35.4 Å². The maximum absolute atomic E-state index is 10.7. The van der Waals surface area contributed by atoms with Crippen molar-refractivity contribution < 1.29 is 18.9 Å². The molecule has 0 saturated carbocycles. The Hall–Kier alpha value is -0.560. The number of benzene rings is 1. The highest BCUT2D eigenvalue weighted by Crippen LogP contribution is 2.44. The number of rotatable bonds is 2. The van der Waals surface area contributed by atoms with E-state index in [2.05, 4.69) is 25.4 Å². The van der Waals surface area contributed by atoms with Gasteiger partial charge in [0.2, 0.25) is 0 Å². The molecule has 0 aliphatic rings. The van der Waals surface area contributed by atoms with Crippen LogP contribution in [0.4, 0.5) is 0 Å². The summed E-state index contributed by atoms with van der Waals surface area (Å²) >= 11 is 9.22. The fourth-order valence-corrected chi connectivity index (χ4v) is 2.32. The van der Waals surface area contributed by atoms with Gasteiger partial charge < -0.3 is 15.7 Å². The van der Waals surface area contributed by atoms with Crippen molar-refractivity contribution in [1.82, 2.24) is 11.1 Å². The smallest absolute Gasteiger partial charge is 0.402 e. The third-order valence-electron chi connectivity index (χ3n) is 1.92. The molecule has 17 heavy (non-hydrogen) atoms. The van der Waals surface area contributed by atoms with Crippen molar-refractivity contribution in [1.29, 1.82) is 0 Å². The van der Waals surface area contributed by atoms with Crippen molar-refractivity contribution >= 4 is 46.3 Å². The molecule has 6 N–H and O–H groups in total. The van der Waals surface area contributed by atoms with Crippen molar-refractivity contribution in [3.8, 4) is 5.75 Å². The fourth-order valence-electron chi connectivity index (χ4n) is 1.33. The predicted molar refractivity (Wildman–Crippen MR) is 68.7 cm³/mol. The van der Waals surface area contributed by atoms with Gasteiger partial charge in [-0.15, -0.1) is 0 Å². The number of hydrogen-bond donors (Lipinski definition) is 4. The van der Waals surface area contributed by atoms with Crippen molar-refractivity contribution in [2.45, 2.75) is 0 Å². The second kappa shape index (κ2) is 4.97. The highest BCUT2D eigenvalue weighted by Gasteiger charge is 2.20. The number of aromatic nitrogens is 1. The molecule has 94 valence electrons. The Labute approximate surface area is 110 Å². The summed E-state index contributed by atoms with van der Waals surface area (Å²) in [5.74, 6) is 0.0228. The quantitative estimate of drug-likeness (QED) is 0.624. The van der Waals surface area contributed by atoms with Crippen LogP contribution in [-0.2, 0) is 4.57 Å². The lowest BCUT2D eigenvalue weighted by Crippen LogP contribution is -1.89. The molecule has 1 aromatic carbocycles. The first-order valence-electron chi connectivity index (χ1n) is 4.09. The van der Waals surface area contributed by atoms with Gasteiger partial charge in [0.1, 0.15) is 0 Å². The zero-order valence-corrected chi connectivity index (χ0v) is 11.6. The molecule has 0 amide bonds. The van der Waals surface area contributed by atoms with E-state index in [1.54, 1.807) is 12.1 Å². The van der Waals surface area contributed by atoms with Gasteiger partial charge >= 0.3 is 7.82 Å². The molecule has 1 heterocycles. The number of phosphoric acid groups is 1. The average Bonchev–Trinajstić information content (AvgIpc) is 2.53. The molecule has 0 radical (unpaired) electrons. The first-order valence-corrected chi connectivity index (χ1v) is 6.79. The molecule has 0 bridgehead atoms. The largest absolute Gasteiger partial charge is 0.524 e. The van der Waals surface area contributed by atoms with Gasteiger partial charge in [-0.3, -0.25) is 9.79 Å². The second-order valence-corrected chi connectivity index (χ2v) is 5.41. The molecule has 2 rings (SSSR count). The lowest BCUT2D eigenvalue weighted by Gasteiger charge is -2.06. The lowest BCUT2D eigenvalue weighted by atomic mass is 10.2. The zero-order chi connectivity index (χ0) is 11.9. The Balaban J connectivity index is 0.00000144. The Kier molecular flexibility index (Phi) is 4.24. The van der Waals surface area contributed by atoms with E-state index in [4.69, 9.17) is 21.4 Å². The summed E-state index contributed by atoms with van der Waals surface area (Å²) in [6.07, 6.45) is 1.35. The molecule has 2 aromatic rings. The van der Waals surface area contributed by atoms with Gasteiger partial charge in [-0.05, 0) is 28.1 Å². The number of H-pyrrole nitrogens is 1. The Bertz CT molecular complexity index is 596. The van der Waals surface area contributed by atoms with E-state index in [0.717, 1.165) is 0 Å². The first-order chi connectivity index (χ1) is 7.38. The number of halogens is 2. The second-order valence-electron chi connectivity index (χ2n) is 3.02. The molecule has 0 atom stereocenters. The third kappa shape index (κ3) is 3.01. The highest BCUT2D eigenvalue weighted by atomic mass is 79.9. The van der Waals surface area contributed by atoms with E-state index in [9.17, 15) is 4.57 Å². The molecule has 1 aromatic heterocycles. The molecule has 6 nitrogen and oxygen atoms in total. The number of nitrogens with one attached hydrogen (secondary N) is 1. The molecule has 0 fully saturated rings. The average molecular weight is 344 g/mol. The maximum atomic E-state index is 10.7. The molecule has 9 heteroatoms. The van der Waals surface area contributed by atoms with Gasteiger partial charge in [-0.1, -0.05) is 11.6 Å². The van der Waals surface area contributed by atoms with E-state index in [-0.39, 0.29) is 11.9 Å². The van der Waals surface area contributed by atoms with Crippen LogP contribution in [0.3, 0.4) is 0 Å². The van der Waals surface area contributed by atoms with Crippen LogP contribution in [0.2, 0.25) is 5.02 Å². The van der Waals surface area contributed by atoms with Gasteiger partial charge in [0.15, 0.2) is 5.75 Å². The minimum absolute atomic E-state index is 0. The van der Waals surface area contributed by atoms with Crippen LogP contribution in [0.1, 0.15) is 0 Å². The first kappa shape index (κ1) is 14.5. The Morgan fingerprint density at radius 1 is 1.41 bits per heavy atom. The molecule has 0 aliphatic carbocycles. The summed E-state index contributed by atoms with van der Waals surface area (Å²) in [7, 11) is -4.59. The Morgan fingerprint density at radius 3 is 2.65 bits per heavy atom. The van der Waals surface area contributed by atoms with Gasteiger partial charge in [0, 0.05) is 10.7 Å². The minimum Gasteiger partial charge on any atom is -0.402 e. The van der Waals surface area contributed by atoms with E-state index < -0.39 is 7.82 Å². The molecule has 0 unspecified atom stereocenters. The van der Waals surface area contributed by atoms with Crippen LogP contribution in [0.5, 0.6) is 5.75 Å². The standard InChI is InChI=1S/C8H6BrClNO4P.H3N/c9-4-1-2-5-7(8(4)10)6(3-11-5)15-16(12,13)14;/h1-3,11H,(H2,12,13,14);1H3. The number of aromatic amines is 1. The molecule has 0 spiro atoms. The number of hydrogen-bond acceptors (Lipinski definition) is 3. The van der Waals surface area contributed by atoms with Crippen LogP contribution < -0.4 is 10.7 Å². The van der Waals surface area contributed by atoms with E-state index in [1.165, 1.54) is 6.20 Å². The van der Waals surface area contributed by atoms with E-state index >= 15 is 0 Å². The van der Waals surface area contributed by atoms with Crippen LogP contribution in [-0.4, -0.2) is 14.8 Å². The zero-order valence-electron chi connectivity index (χ0n) is 8.35. The minimum atomic E-state index is -4.59. The van der Waals surface area contributed by atoms with Crippen molar-refractivity contribution in [3.05, 3.63) is 27.8 Å². The topological polar surface area (TPSA) is 118 Å². The monoisotopic (exact) mass is 342 g/mol. The summed E-state index contributed by atoms with van der Waals surface area (Å²) in [6.45, 7) is 0. The molecule has 0 saturated heterocycles. The van der Waals surface area contributed by atoms with Crippen molar-refractivity contribution in [3.63, 3.8) is 0 Å². The van der Waals surface area contributed by atoms with Crippen molar-refractivity contribution in [2.24, 2.45) is 0 Å². The molecular formula is C8H9BrClN2O4P. The Morgan fingerprint density at radius 2 is 2.06 bits per heavy atom. The predicted octanol–water partition coefficient (Wildman–Crippen LogP) is 3.22. The third-order valence-corrected chi connectivity index (χ3v) is 3.63. The summed E-state index contributed by atoms with van der Waals surface area (Å²) in [4.78, 5) is 20.3. The number of phosphoric ester groups is 1.